The van der Waals surface area contributed by atoms with Gasteiger partial charge in [-0.3, -0.25) is 0 Å². The molecule has 3 heterocycles. The minimum atomic E-state index is -0.976. The Morgan fingerprint density at radius 1 is 0.871 bits per heavy atom. The van der Waals surface area contributed by atoms with Gasteiger partial charge in [0.15, 0.2) is 0 Å². The first kappa shape index (κ1) is 26.4. The summed E-state index contributed by atoms with van der Waals surface area (Å²) in [6.07, 6.45) is 0. The zero-order valence-electron chi connectivity index (χ0n) is 18.2. The van der Waals surface area contributed by atoms with Gasteiger partial charge in [-0.2, -0.15) is 17.4 Å². The molecule has 31 heavy (non-hydrogen) atoms. The van der Waals surface area contributed by atoms with E-state index in [0.29, 0.717) is 0 Å². The number of allylic oxidation sites excluding steroid dienone is 1. The zero-order chi connectivity index (χ0) is 19.5. The first-order valence-electron chi connectivity index (χ1n) is 9.97. The van der Waals surface area contributed by atoms with Gasteiger partial charge in [0.25, 0.3) is 0 Å². The van der Waals surface area contributed by atoms with Gasteiger partial charge in [0.2, 0.25) is 0 Å². The topological polar surface area (TPSA) is 0 Å². The van der Waals surface area contributed by atoms with Crippen molar-refractivity contribution >= 4 is 35.4 Å². The summed E-state index contributed by atoms with van der Waals surface area (Å²) in [7, 11) is -0.976. The van der Waals surface area contributed by atoms with Crippen LogP contribution in [0.5, 0.6) is 0 Å². The summed E-state index contributed by atoms with van der Waals surface area (Å²) in [6.45, 7) is 9.48. The van der Waals surface area contributed by atoms with Gasteiger partial charge in [0, 0.05) is 5.54 Å². The van der Waals surface area contributed by atoms with Gasteiger partial charge in [0.1, 0.15) is 0 Å². The third-order valence-corrected chi connectivity index (χ3v) is 11.3. The van der Waals surface area contributed by atoms with Crippen molar-refractivity contribution in [1.29, 1.82) is 0 Å². The van der Waals surface area contributed by atoms with Crippen LogP contribution in [-0.2, 0) is 26.2 Å². The molecule has 157 valence electrons. The van der Waals surface area contributed by atoms with Crippen LogP contribution >= 0.6 is 11.3 Å². The standard InChI is InChI=1S/C16H13.C10H12SSi.2ClH.Zr/c1-12-10-14-8-5-9-15(16(14)11-12)13-6-3-2-4-7-13;1-6-9-7-4-11-5-8(7)10(6)12(9,2)3;;;/h2-11H,1H3;4-5,9H,1-3H3;2*1H;/q-1;;;;+3/p-2. The minimum Gasteiger partial charge on any atom is -1.00 e. The molecule has 0 fully saturated rings. The second kappa shape index (κ2) is 9.98. The van der Waals surface area contributed by atoms with E-state index < -0.39 is 8.07 Å². The first-order valence-corrected chi connectivity index (χ1v) is 14.0. The van der Waals surface area contributed by atoms with Crippen LogP contribution in [0, 0.1) is 6.92 Å². The molecule has 0 saturated heterocycles. The van der Waals surface area contributed by atoms with Crippen LogP contribution in [0.1, 0.15) is 29.2 Å². The third kappa shape index (κ3) is 4.25. The van der Waals surface area contributed by atoms with Gasteiger partial charge in [-0.15, -0.1) is 34.5 Å². The molecule has 0 saturated carbocycles. The molecule has 2 bridgehead atoms. The molecule has 7 rings (SSSR count). The zero-order valence-corrected chi connectivity index (χ0v) is 24.0. The molecule has 5 heteroatoms. The summed E-state index contributed by atoms with van der Waals surface area (Å²) >= 11 is 1.87. The maximum Gasteiger partial charge on any atom is 3.00 e. The predicted octanol–water partition coefficient (Wildman–Crippen LogP) is 1.96. The average Bonchev–Trinajstić information content (AvgIpc) is 3.38. The molecule has 4 aromatic rings. The van der Waals surface area contributed by atoms with Crippen LogP contribution in [0.2, 0.25) is 13.1 Å². The van der Waals surface area contributed by atoms with Crippen LogP contribution in [0.3, 0.4) is 0 Å². The molecule has 1 aromatic heterocycles. The van der Waals surface area contributed by atoms with E-state index in [1.807, 2.05) is 11.3 Å². The normalized spacial score (nSPS) is 16.7. The number of hydrogen-bond donors (Lipinski definition) is 0. The Labute approximate surface area is 222 Å². The smallest absolute Gasteiger partial charge is 1.00 e. The molecule has 1 atom stereocenters. The second-order valence-electron chi connectivity index (χ2n) is 8.66. The summed E-state index contributed by atoms with van der Waals surface area (Å²) in [4.78, 5) is 0. The van der Waals surface area contributed by atoms with Gasteiger partial charge in [0.05, 0.1) is 8.07 Å². The van der Waals surface area contributed by atoms with Crippen molar-refractivity contribution in [3.05, 3.63) is 93.7 Å². The van der Waals surface area contributed by atoms with Gasteiger partial charge >= 0.3 is 26.2 Å². The predicted molar refractivity (Wildman–Crippen MR) is 127 cm³/mol. The van der Waals surface area contributed by atoms with Crippen molar-refractivity contribution in [3.8, 4) is 11.1 Å². The van der Waals surface area contributed by atoms with Crippen molar-refractivity contribution in [2.24, 2.45) is 0 Å². The molecule has 1 unspecified atom stereocenters. The summed E-state index contributed by atoms with van der Waals surface area (Å²) in [5.74, 6) is 0. The van der Waals surface area contributed by atoms with E-state index in [1.165, 1.54) is 27.5 Å². The van der Waals surface area contributed by atoms with Crippen LogP contribution in [0.4, 0.5) is 0 Å². The van der Waals surface area contributed by atoms with Crippen molar-refractivity contribution < 1.29 is 51.0 Å². The third-order valence-electron chi connectivity index (χ3n) is 6.45. The minimum absolute atomic E-state index is 0. The van der Waals surface area contributed by atoms with Crippen molar-refractivity contribution in [2.45, 2.75) is 32.5 Å². The van der Waals surface area contributed by atoms with Crippen molar-refractivity contribution in [2.75, 3.05) is 0 Å². The number of thiophene rings is 1. The maximum atomic E-state index is 2.50. The fourth-order valence-corrected chi connectivity index (χ4v) is 10.9. The number of benzene rings is 2. The molecule has 3 aromatic carbocycles. The molecule has 0 spiro atoms. The van der Waals surface area contributed by atoms with E-state index >= 15 is 0 Å². The van der Waals surface area contributed by atoms with Crippen LogP contribution in [0.15, 0.2) is 77.0 Å². The van der Waals surface area contributed by atoms with Gasteiger partial charge in [-0.1, -0.05) is 72.7 Å². The Balaban J connectivity index is 0.000000207. The molecule has 3 aliphatic rings. The summed E-state index contributed by atoms with van der Waals surface area (Å²) < 4.78 is 0. The summed E-state index contributed by atoms with van der Waals surface area (Å²) in [5.41, 5.74) is 9.78. The molecule has 1 aliphatic carbocycles. The Bertz CT molecular complexity index is 1220. The average molecular weight is 560 g/mol. The van der Waals surface area contributed by atoms with Gasteiger partial charge < -0.3 is 24.8 Å². The fourth-order valence-electron chi connectivity index (χ4n) is 5.43. The molecular weight excluding hydrogens is 535 g/mol. The maximum absolute atomic E-state index is 2.50. The monoisotopic (exact) mass is 557 g/mol. The van der Waals surface area contributed by atoms with E-state index in [-0.39, 0.29) is 51.0 Å². The summed E-state index contributed by atoms with van der Waals surface area (Å²) in [5, 5.41) is 9.16. The Morgan fingerprint density at radius 3 is 2.23 bits per heavy atom. The van der Waals surface area contributed by atoms with E-state index in [0.717, 1.165) is 5.54 Å². The molecule has 0 amide bonds. The fraction of sp³-hybridized carbons (Fsp3) is 0.192. The van der Waals surface area contributed by atoms with Crippen LogP contribution in [0.25, 0.3) is 27.1 Å². The van der Waals surface area contributed by atoms with Crippen LogP contribution < -0.4 is 24.8 Å². The van der Waals surface area contributed by atoms with E-state index in [1.54, 1.807) is 21.9 Å². The molecule has 0 N–H and O–H groups in total. The number of fused-ring (bicyclic) bond motifs is 1. The second-order valence-corrected chi connectivity index (χ2v) is 13.9. The largest absolute Gasteiger partial charge is 3.00 e. The number of halogens is 2. The number of aryl methyl sites for hydroxylation is 1. The number of hydrogen-bond acceptors (Lipinski definition) is 1. The van der Waals surface area contributed by atoms with Crippen LogP contribution in [-0.4, -0.2) is 8.07 Å². The van der Waals surface area contributed by atoms with Gasteiger partial charge in [-0.25, -0.2) is 0 Å². The van der Waals surface area contributed by atoms with Crippen molar-refractivity contribution in [3.63, 3.8) is 0 Å². The molecule has 1 radical (unpaired) electrons. The van der Waals surface area contributed by atoms with E-state index in [9.17, 15) is 0 Å². The first-order chi connectivity index (χ1) is 13.5. The van der Waals surface area contributed by atoms with Crippen molar-refractivity contribution in [1.82, 2.24) is 0 Å². The molecule has 0 nitrogen and oxygen atoms in total. The number of rotatable bonds is 1. The Hall–Kier alpha value is -0.830. The summed E-state index contributed by atoms with van der Waals surface area (Å²) in [6, 6.07) is 21.6. The van der Waals surface area contributed by atoms with E-state index in [4.69, 9.17) is 0 Å². The molecule has 2 aliphatic heterocycles. The molecular formula is C26H25Cl2SSiZr. The SMILES string of the molecule is CC1=C2c3cscc3C1[Si]2(C)C.Cc1cc2c(-c3ccccc3)cccc2[cH-]1.[Cl-].[Cl-].[Zr+3]. The quantitative estimate of drug-likeness (QED) is 0.247. The Kier molecular flexibility index (Phi) is 8.50. The Morgan fingerprint density at radius 2 is 1.58 bits per heavy atom. The van der Waals surface area contributed by atoms with E-state index in [2.05, 4.69) is 98.4 Å². The van der Waals surface area contributed by atoms with Gasteiger partial charge in [-0.05, 0) is 34.4 Å².